The van der Waals surface area contributed by atoms with Gasteiger partial charge in [-0.15, -0.1) is 0 Å². The Hall–Kier alpha value is -1.04. The molecule has 0 saturated carbocycles. The van der Waals surface area contributed by atoms with Crippen molar-refractivity contribution < 1.29 is 9.47 Å². The Labute approximate surface area is 148 Å². The van der Waals surface area contributed by atoms with Crippen molar-refractivity contribution in [1.29, 1.82) is 0 Å². The molecule has 1 heterocycles. The summed E-state index contributed by atoms with van der Waals surface area (Å²) in [5.74, 6) is 1.47. The highest BCUT2D eigenvalue weighted by atomic mass is 79.9. The lowest BCUT2D eigenvalue weighted by molar-refractivity contribution is 0.260. The van der Waals surface area contributed by atoms with E-state index in [4.69, 9.17) is 9.47 Å². The highest BCUT2D eigenvalue weighted by Gasteiger charge is 2.22. The number of methoxy groups -OCH3 is 1. The van der Waals surface area contributed by atoms with E-state index in [2.05, 4.69) is 45.7 Å². The molecular formula is C18H27BrN2O2. The molecule has 1 saturated heterocycles. The molecule has 0 bridgehead atoms. The predicted octanol–water partition coefficient (Wildman–Crippen LogP) is 3.60. The third-order valence-corrected chi connectivity index (χ3v) is 4.84. The van der Waals surface area contributed by atoms with Crippen LogP contribution in [-0.2, 0) is 6.54 Å². The summed E-state index contributed by atoms with van der Waals surface area (Å²) < 4.78 is 12.0. The molecule has 1 atom stereocenters. The Morgan fingerprint density at radius 2 is 2.30 bits per heavy atom. The molecule has 1 aliphatic heterocycles. The summed E-state index contributed by atoms with van der Waals surface area (Å²) in [5, 5.41) is 3.57. The van der Waals surface area contributed by atoms with Crippen LogP contribution in [0.4, 0.5) is 0 Å². The van der Waals surface area contributed by atoms with Gasteiger partial charge >= 0.3 is 0 Å². The lowest BCUT2D eigenvalue weighted by Gasteiger charge is -2.23. The van der Waals surface area contributed by atoms with Gasteiger partial charge < -0.3 is 14.8 Å². The van der Waals surface area contributed by atoms with Crippen molar-refractivity contribution in [2.45, 2.75) is 32.4 Å². The second-order valence-corrected chi connectivity index (χ2v) is 6.62. The van der Waals surface area contributed by atoms with Gasteiger partial charge in [0.15, 0.2) is 11.5 Å². The first-order valence-electron chi connectivity index (χ1n) is 8.24. The summed E-state index contributed by atoms with van der Waals surface area (Å²) in [6.45, 7) is 10.6. The molecule has 1 aliphatic rings. The van der Waals surface area contributed by atoms with Crippen LogP contribution in [0.1, 0.15) is 25.3 Å². The van der Waals surface area contributed by atoms with Crippen molar-refractivity contribution in [2.75, 3.05) is 33.4 Å². The number of ether oxygens (including phenoxy) is 2. The average molecular weight is 383 g/mol. The molecule has 4 nitrogen and oxygen atoms in total. The lowest BCUT2D eigenvalue weighted by Crippen LogP contribution is -2.37. The monoisotopic (exact) mass is 382 g/mol. The summed E-state index contributed by atoms with van der Waals surface area (Å²) in [5.41, 5.74) is 1.18. The predicted molar refractivity (Wildman–Crippen MR) is 98.4 cm³/mol. The zero-order valence-electron chi connectivity index (χ0n) is 14.1. The molecule has 1 aromatic carbocycles. The van der Waals surface area contributed by atoms with Crippen LogP contribution in [0.25, 0.3) is 0 Å². The average Bonchev–Trinajstić information content (AvgIpc) is 3.01. The number of nitrogens with one attached hydrogen (secondary N) is 1. The van der Waals surface area contributed by atoms with Gasteiger partial charge in [0.05, 0.1) is 11.6 Å². The standard InChI is InChI=1S/C18H27BrN2O2/c1-4-9-23-18-16(19)10-14(11-17(18)22-3)12-20-13-15-7-6-8-21(15)5-2/h4,10-11,15,20H,1,5-9,12-13H2,2-3H3/t15-/m1/s1. The molecule has 1 N–H and O–H groups in total. The number of hydrogen-bond acceptors (Lipinski definition) is 4. The summed E-state index contributed by atoms with van der Waals surface area (Å²) >= 11 is 3.57. The Morgan fingerprint density at radius 3 is 3.00 bits per heavy atom. The third kappa shape index (κ3) is 4.96. The molecule has 1 fully saturated rings. The SMILES string of the molecule is C=CCOc1c(Br)cc(CNC[C@H]2CCCN2CC)cc1OC. The number of benzene rings is 1. The van der Waals surface area contributed by atoms with Crippen LogP contribution in [0.15, 0.2) is 29.3 Å². The maximum absolute atomic E-state index is 5.66. The number of likely N-dealkylation sites (N-methyl/N-ethyl adjacent to an activating group) is 1. The Balaban J connectivity index is 1.94. The number of rotatable bonds is 9. The third-order valence-electron chi connectivity index (χ3n) is 4.25. The van der Waals surface area contributed by atoms with Gasteiger partial charge in [-0.3, -0.25) is 4.90 Å². The Bertz CT molecular complexity index is 522. The van der Waals surface area contributed by atoms with Gasteiger partial charge in [-0.1, -0.05) is 19.6 Å². The molecular weight excluding hydrogens is 356 g/mol. The molecule has 23 heavy (non-hydrogen) atoms. The summed E-state index contributed by atoms with van der Waals surface area (Å²) in [6.07, 6.45) is 4.33. The van der Waals surface area contributed by atoms with Crippen molar-refractivity contribution in [1.82, 2.24) is 10.2 Å². The fourth-order valence-corrected chi connectivity index (χ4v) is 3.69. The fraction of sp³-hybridized carbons (Fsp3) is 0.556. The van der Waals surface area contributed by atoms with Crippen LogP contribution in [0.3, 0.4) is 0 Å². The van der Waals surface area contributed by atoms with Crippen molar-refractivity contribution in [3.63, 3.8) is 0 Å². The first-order chi connectivity index (χ1) is 11.2. The zero-order chi connectivity index (χ0) is 16.7. The summed E-state index contributed by atoms with van der Waals surface area (Å²) in [6, 6.07) is 4.78. The number of hydrogen-bond donors (Lipinski definition) is 1. The molecule has 5 heteroatoms. The molecule has 0 aromatic heterocycles. The minimum absolute atomic E-state index is 0.459. The van der Waals surface area contributed by atoms with Crippen LogP contribution >= 0.6 is 15.9 Å². The second kappa shape index (κ2) is 9.30. The van der Waals surface area contributed by atoms with Crippen molar-refractivity contribution in [3.8, 4) is 11.5 Å². The van der Waals surface area contributed by atoms with Gasteiger partial charge in [0.1, 0.15) is 6.61 Å². The minimum Gasteiger partial charge on any atom is -0.493 e. The van der Waals surface area contributed by atoms with E-state index in [0.717, 1.165) is 35.6 Å². The van der Waals surface area contributed by atoms with E-state index in [1.54, 1.807) is 13.2 Å². The van der Waals surface area contributed by atoms with E-state index in [1.165, 1.54) is 24.9 Å². The van der Waals surface area contributed by atoms with Gasteiger partial charge in [-0.2, -0.15) is 0 Å². The van der Waals surface area contributed by atoms with Crippen LogP contribution < -0.4 is 14.8 Å². The maximum Gasteiger partial charge on any atom is 0.175 e. The first-order valence-corrected chi connectivity index (χ1v) is 9.03. The van der Waals surface area contributed by atoms with Gasteiger partial charge in [0, 0.05) is 19.1 Å². The van der Waals surface area contributed by atoms with E-state index in [9.17, 15) is 0 Å². The summed E-state index contributed by atoms with van der Waals surface area (Å²) in [7, 11) is 1.66. The van der Waals surface area contributed by atoms with Gasteiger partial charge in [0.2, 0.25) is 0 Å². The lowest BCUT2D eigenvalue weighted by atomic mass is 10.1. The van der Waals surface area contributed by atoms with E-state index < -0.39 is 0 Å². The normalized spacial score (nSPS) is 18.1. The smallest absolute Gasteiger partial charge is 0.175 e. The molecule has 0 amide bonds. The van der Waals surface area contributed by atoms with E-state index in [0.29, 0.717) is 12.6 Å². The van der Waals surface area contributed by atoms with Crippen molar-refractivity contribution in [3.05, 3.63) is 34.8 Å². The Kier molecular flexibility index (Phi) is 7.40. The molecule has 128 valence electrons. The van der Waals surface area contributed by atoms with Crippen LogP contribution in [0, 0.1) is 0 Å². The van der Waals surface area contributed by atoms with Gasteiger partial charge in [-0.05, 0) is 59.6 Å². The van der Waals surface area contributed by atoms with Crippen molar-refractivity contribution in [2.24, 2.45) is 0 Å². The maximum atomic E-state index is 5.66. The first kappa shape index (κ1) is 18.3. The quantitative estimate of drug-likeness (QED) is 0.661. The molecule has 0 aliphatic carbocycles. The van der Waals surface area contributed by atoms with Gasteiger partial charge in [0.25, 0.3) is 0 Å². The molecule has 1 aromatic rings. The number of nitrogens with zero attached hydrogens (tertiary/aromatic N) is 1. The highest BCUT2D eigenvalue weighted by molar-refractivity contribution is 9.10. The fourth-order valence-electron chi connectivity index (χ4n) is 3.08. The zero-order valence-corrected chi connectivity index (χ0v) is 15.7. The summed E-state index contributed by atoms with van der Waals surface area (Å²) in [4.78, 5) is 2.55. The molecule has 0 spiro atoms. The van der Waals surface area contributed by atoms with Gasteiger partial charge in [-0.25, -0.2) is 0 Å². The van der Waals surface area contributed by atoms with E-state index in [-0.39, 0.29) is 0 Å². The highest BCUT2D eigenvalue weighted by Crippen LogP contribution is 2.36. The topological polar surface area (TPSA) is 33.7 Å². The van der Waals surface area contributed by atoms with Crippen molar-refractivity contribution >= 4 is 15.9 Å². The molecule has 0 radical (unpaired) electrons. The van der Waals surface area contributed by atoms with E-state index in [1.807, 2.05) is 6.07 Å². The largest absolute Gasteiger partial charge is 0.493 e. The minimum atomic E-state index is 0.459. The molecule has 0 unspecified atom stereocenters. The van der Waals surface area contributed by atoms with Crippen LogP contribution in [-0.4, -0.2) is 44.3 Å². The van der Waals surface area contributed by atoms with Crippen LogP contribution in [0.2, 0.25) is 0 Å². The second-order valence-electron chi connectivity index (χ2n) is 5.76. The number of halogens is 1. The number of likely N-dealkylation sites (tertiary alicyclic amines) is 1. The van der Waals surface area contributed by atoms with E-state index >= 15 is 0 Å². The van der Waals surface area contributed by atoms with Crippen LogP contribution in [0.5, 0.6) is 11.5 Å². The molecule has 2 rings (SSSR count). The Morgan fingerprint density at radius 1 is 1.48 bits per heavy atom.